The van der Waals surface area contributed by atoms with Crippen LogP contribution in [-0.2, 0) is 17.6 Å². The van der Waals surface area contributed by atoms with E-state index in [1.807, 2.05) is 31.2 Å². The number of hydrogen-bond acceptors (Lipinski definition) is 8. The zero-order chi connectivity index (χ0) is 26.5. The van der Waals surface area contributed by atoms with Gasteiger partial charge in [-0.1, -0.05) is 55.8 Å². The SMILES string of the molecule is CCCCC(Sc1nc(OCCc2ccc(C#N)cc2)cc(OCCc2ccc(C#N)cc2)n1)C(=O)O. The fourth-order valence-electron chi connectivity index (χ4n) is 3.37. The molecule has 0 saturated heterocycles. The van der Waals surface area contributed by atoms with Crippen LogP contribution in [-0.4, -0.2) is 39.5 Å². The second-order valence-corrected chi connectivity index (χ2v) is 9.40. The monoisotopic (exact) mass is 516 g/mol. The second-order valence-electron chi connectivity index (χ2n) is 8.23. The number of ether oxygens (including phenoxy) is 2. The van der Waals surface area contributed by atoms with Crippen molar-refractivity contribution in [2.75, 3.05) is 13.2 Å². The van der Waals surface area contributed by atoms with E-state index in [0.717, 1.165) is 35.7 Å². The molecule has 0 bridgehead atoms. The normalized spacial score (nSPS) is 11.2. The molecule has 190 valence electrons. The Morgan fingerprint density at radius 3 is 1.81 bits per heavy atom. The standard InChI is InChI=1S/C28H28N4O4S/c1-2-3-4-24(27(33)34)37-28-31-25(35-15-13-20-5-9-22(18-29)10-6-20)17-26(32-28)36-16-14-21-7-11-23(19-30)12-8-21/h5-12,17,24H,2-4,13-16H2,1H3,(H,33,34). The molecule has 3 aromatic rings. The highest BCUT2D eigenvalue weighted by molar-refractivity contribution is 8.00. The van der Waals surface area contributed by atoms with Crippen molar-refractivity contribution in [1.29, 1.82) is 10.5 Å². The van der Waals surface area contributed by atoms with Crippen LogP contribution in [0.5, 0.6) is 11.8 Å². The first-order valence-corrected chi connectivity index (χ1v) is 12.9. The average molecular weight is 517 g/mol. The first kappa shape index (κ1) is 27.5. The van der Waals surface area contributed by atoms with Crippen LogP contribution in [0.25, 0.3) is 0 Å². The molecule has 1 heterocycles. The molecule has 3 rings (SSSR count). The van der Waals surface area contributed by atoms with Gasteiger partial charge in [0.2, 0.25) is 11.8 Å². The summed E-state index contributed by atoms with van der Waals surface area (Å²) in [5, 5.41) is 27.1. The highest BCUT2D eigenvalue weighted by Gasteiger charge is 2.21. The number of nitriles is 2. The third-order valence-electron chi connectivity index (χ3n) is 5.45. The Morgan fingerprint density at radius 1 is 0.919 bits per heavy atom. The molecule has 0 radical (unpaired) electrons. The Labute approximate surface area is 220 Å². The molecule has 0 aliphatic carbocycles. The van der Waals surface area contributed by atoms with E-state index in [2.05, 4.69) is 22.1 Å². The molecular weight excluding hydrogens is 488 g/mol. The predicted molar refractivity (Wildman–Crippen MR) is 140 cm³/mol. The summed E-state index contributed by atoms with van der Waals surface area (Å²) in [6.07, 6.45) is 3.42. The number of carboxylic acids is 1. The zero-order valence-corrected chi connectivity index (χ0v) is 21.4. The molecule has 2 aromatic carbocycles. The van der Waals surface area contributed by atoms with E-state index in [1.165, 1.54) is 0 Å². The minimum absolute atomic E-state index is 0.285. The number of thioether (sulfide) groups is 1. The molecule has 9 heteroatoms. The minimum Gasteiger partial charge on any atom is -0.480 e. The molecule has 1 N–H and O–H groups in total. The van der Waals surface area contributed by atoms with Gasteiger partial charge in [0, 0.05) is 12.8 Å². The molecule has 1 atom stereocenters. The van der Waals surface area contributed by atoms with Gasteiger partial charge in [-0.25, -0.2) is 0 Å². The molecule has 37 heavy (non-hydrogen) atoms. The lowest BCUT2D eigenvalue weighted by Crippen LogP contribution is -2.17. The first-order chi connectivity index (χ1) is 18.0. The quantitative estimate of drug-likeness (QED) is 0.227. The lowest BCUT2D eigenvalue weighted by Gasteiger charge is -2.13. The Morgan fingerprint density at radius 2 is 1.41 bits per heavy atom. The number of aliphatic carboxylic acids is 1. The minimum atomic E-state index is -0.905. The van der Waals surface area contributed by atoms with Crippen molar-refractivity contribution in [3.8, 4) is 23.9 Å². The molecule has 0 spiro atoms. The maximum atomic E-state index is 11.7. The van der Waals surface area contributed by atoms with Gasteiger partial charge in [0.15, 0.2) is 5.16 Å². The lowest BCUT2D eigenvalue weighted by molar-refractivity contribution is -0.136. The molecular formula is C28H28N4O4S. The summed E-state index contributed by atoms with van der Waals surface area (Å²) in [5.74, 6) is -0.296. The third kappa shape index (κ3) is 9.14. The summed E-state index contributed by atoms with van der Waals surface area (Å²) >= 11 is 1.09. The Bertz CT molecular complexity index is 1170. The van der Waals surface area contributed by atoms with Gasteiger partial charge in [0.05, 0.1) is 42.5 Å². The van der Waals surface area contributed by atoms with Gasteiger partial charge in [0.1, 0.15) is 5.25 Å². The van der Waals surface area contributed by atoms with Gasteiger partial charge >= 0.3 is 5.97 Å². The van der Waals surface area contributed by atoms with Crippen molar-refractivity contribution in [1.82, 2.24) is 9.97 Å². The Balaban J connectivity index is 1.69. The van der Waals surface area contributed by atoms with Crippen LogP contribution in [0.2, 0.25) is 0 Å². The van der Waals surface area contributed by atoms with Crippen LogP contribution in [0.1, 0.15) is 48.4 Å². The molecule has 8 nitrogen and oxygen atoms in total. The number of benzene rings is 2. The van der Waals surface area contributed by atoms with Crippen LogP contribution in [0, 0.1) is 22.7 Å². The van der Waals surface area contributed by atoms with E-state index >= 15 is 0 Å². The number of nitrogens with zero attached hydrogens (tertiary/aromatic N) is 4. The van der Waals surface area contributed by atoms with E-state index in [1.54, 1.807) is 30.3 Å². The molecule has 0 aliphatic heterocycles. The van der Waals surface area contributed by atoms with Crippen molar-refractivity contribution in [2.45, 2.75) is 49.4 Å². The number of carbonyl (C=O) groups is 1. The topological polar surface area (TPSA) is 129 Å². The maximum Gasteiger partial charge on any atom is 0.317 e. The van der Waals surface area contributed by atoms with Gasteiger partial charge < -0.3 is 14.6 Å². The number of rotatable bonds is 14. The summed E-state index contributed by atoms with van der Waals surface area (Å²) in [6.45, 7) is 2.70. The van der Waals surface area contributed by atoms with E-state index in [0.29, 0.717) is 55.4 Å². The maximum absolute atomic E-state index is 11.7. The van der Waals surface area contributed by atoms with Gasteiger partial charge in [-0.05, 0) is 41.8 Å². The molecule has 0 aliphatic rings. The Kier molecular flexibility index (Phi) is 10.8. The Hall–Kier alpha value is -4.08. The van der Waals surface area contributed by atoms with Crippen molar-refractivity contribution in [2.24, 2.45) is 0 Å². The molecule has 1 unspecified atom stereocenters. The first-order valence-electron chi connectivity index (χ1n) is 12.0. The molecule has 0 amide bonds. The fourth-order valence-corrected chi connectivity index (χ4v) is 4.30. The summed E-state index contributed by atoms with van der Waals surface area (Å²) in [6, 6.07) is 20.4. The number of hydrogen-bond donors (Lipinski definition) is 1. The lowest BCUT2D eigenvalue weighted by atomic mass is 10.1. The van der Waals surface area contributed by atoms with E-state index in [-0.39, 0.29) is 5.16 Å². The van der Waals surface area contributed by atoms with Gasteiger partial charge in [-0.15, -0.1) is 0 Å². The summed E-state index contributed by atoms with van der Waals surface area (Å²) in [7, 11) is 0. The molecule has 0 saturated carbocycles. The van der Waals surface area contributed by atoms with Crippen LogP contribution in [0.15, 0.2) is 59.8 Å². The van der Waals surface area contributed by atoms with Crippen molar-refractivity contribution in [3.05, 3.63) is 76.9 Å². The molecule has 1 aromatic heterocycles. The highest BCUT2D eigenvalue weighted by Crippen LogP contribution is 2.28. The van der Waals surface area contributed by atoms with E-state index < -0.39 is 11.2 Å². The average Bonchev–Trinajstić information content (AvgIpc) is 2.91. The van der Waals surface area contributed by atoms with Crippen molar-refractivity contribution in [3.63, 3.8) is 0 Å². The van der Waals surface area contributed by atoms with Crippen LogP contribution in [0.4, 0.5) is 0 Å². The van der Waals surface area contributed by atoms with Crippen molar-refractivity contribution >= 4 is 17.7 Å². The number of unbranched alkanes of at least 4 members (excludes halogenated alkanes) is 1. The van der Waals surface area contributed by atoms with Gasteiger partial charge in [-0.2, -0.15) is 20.5 Å². The third-order valence-corrected chi connectivity index (χ3v) is 6.56. The summed E-state index contributed by atoms with van der Waals surface area (Å²) in [4.78, 5) is 20.6. The summed E-state index contributed by atoms with van der Waals surface area (Å²) < 4.78 is 11.7. The second kappa shape index (κ2) is 14.5. The fraction of sp³-hybridized carbons (Fsp3) is 0.321. The van der Waals surface area contributed by atoms with Crippen LogP contribution in [0.3, 0.4) is 0 Å². The van der Waals surface area contributed by atoms with E-state index in [9.17, 15) is 9.90 Å². The van der Waals surface area contributed by atoms with Gasteiger partial charge in [0.25, 0.3) is 0 Å². The molecule has 0 fully saturated rings. The predicted octanol–water partition coefficient (Wildman–Crippen LogP) is 5.20. The smallest absolute Gasteiger partial charge is 0.317 e. The number of aromatic nitrogens is 2. The zero-order valence-electron chi connectivity index (χ0n) is 20.6. The highest BCUT2D eigenvalue weighted by atomic mass is 32.2. The van der Waals surface area contributed by atoms with E-state index in [4.69, 9.17) is 20.0 Å². The summed E-state index contributed by atoms with van der Waals surface area (Å²) in [5.41, 5.74) is 3.24. The number of carboxylic acid groups (broad SMARTS) is 1. The van der Waals surface area contributed by atoms with Crippen LogP contribution >= 0.6 is 11.8 Å². The van der Waals surface area contributed by atoms with Gasteiger partial charge in [-0.3, -0.25) is 4.79 Å². The van der Waals surface area contributed by atoms with Crippen molar-refractivity contribution < 1.29 is 19.4 Å². The van der Waals surface area contributed by atoms with Crippen LogP contribution < -0.4 is 9.47 Å². The largest absolute Gasteiger partial charge is 0.480 e.